The molecule has 0 saturated heterocycles. The first-order chi connectivity index (χ1) is 33.5. The zero-order chi connectivity index (χ0) is 51.9. The topological polar surface area (TPSA) is 276 Å². The maximum Gasteiger partial charge on any atom is 0.472 e. The highest BCUT2D eigenvalue weighted by molar-refractivity contribution is 7.47. The normalized spacial score (nSPS) is 22.4. The van der Waals surface area contributed by atoms with Crippen LogP contribution in [0.25, 0.3) is 0 Å². The van der Waals surface area contributed by atoms with Crippen molar-refractivity contribution >= 4 is 27.6 Å². The van der Waals surface area contributed by atoms with E-state index in [9.17, 15) is 58.9 Å². The molecule has 0 aromatic carbocycles. The van der Waals surface area contributed by atoms with Crippen molar-refractivity contribution in [1.82, 2.24) is 0 Å². The van der Waals surface area contributed by atoms with Gasteiger partial charge in [-0.2, -0.15) is 0 Å². The van der Waals surface area contributed by atoms with Crippen molar-refractivity contribution in [2.24, 2.45) is 0 Å². The molecule has 0 radical (unpaired) electrons. The number of phosphoric acid groups is 2. The van der Waals surface area contributed by atoms with E-state index in [0.717, 1.165) is 83.5 Å². The highest BCUT2D eigenvalue weighted by Gasteiger charge is 2.54. The van der Waals surface area contributed by atoms with Gasteiger partial charge < -0.3 is 49.7 Å². The van der Waals surface area contributed by atoms with Crippen LogP contribution in [-0.4, -0.2) is 114 Å². The second-order valence-corrected chi connectivity index (χ2v) is 19.2. The van der Waals surface area contributed by atoms with Crippen molar-refractivity contribution in [3.8, 4) is 0 Å². The van der Waals surface area contributed by atoms with Crippen LogP contribution >= 0.6 is 15.6 Å². The van der Waals surface area contributed by atoms with Crippen LogP contribution in [-0.2, 0) is 41.8 Å². The molecule has 0 aromatic rings. The molecule has 1 fully saturated rings. The summed E-state index contributed by atoms with van der Waals surface area (Å²) in [6.07, 6.45) is 35.2. The minimum Gasteiger partial charge on any atom is -0.462 e. The molecule has 5 unspecified atom stereocenters. The maximum absolute atomic E-state index is 13.0. The van der Waals surface area contributed by atoms with Crippen LogP contribution in [0.3, 0.4) is 0 Å². The predicted molar refractivity (Wildman–Crippen MR) is 270 cm³/mol. The Labute approximate surface area is 415 Å². The number of allylic oxidation sites excluding steroid dienone is 17. The molecule has 70 heavy (non-hydrogen) atoms. The lowest BCUT2D eigenvalue weighted by atomic mass is 9.85. The molecular weight excluding hydrogens is 946 g/mol. The second kappa shape index (κ2) is 40.1. The van der Waals surface area contributed by atoms with Gasteiger partial charge in [-0.3, -0.25) is 23.2 Å². The molecule has 1 saturated carbocycles. The van der Waals surface area contributed by atoms with Crippen LogP contribution in [0.4, 0.5) is 0 Å². The maximum atomic E-state index is 13.0. The number of carbonyl (C=O) groups is 2. The number of unbranched alkanes of at least 4 members (excludes halogenated alkanes) is 5. The first kappa shape index (κ1) is 64.6. The van der Waals surface area contributed by atoms with Crippen molar-refractivity contribution in [3.05, 3.63) is 109 Å². The van der Waals surface area contributed by atoms with E-state index in [1.807, 2.05) is 48.6 Å². The Morgan fingerprint density at radius 2 is 1.00 bits per heavy atom. The highest BCUT2D eigenvalue weighted by Crippen LogP contribution is 2.49. The van der Waals surface area contributed by atoms with Crippen molar-refractivity contribution in [3.63, 3.8) is 0 Å². The molecule has 8 N–H and O–H groups in total. The second-order valence-electron chi connectivity index (χ2n) is 16.6. The smallest absolute Gasteiger partial charge is 0.462 e. The summed E-state index contributed by atoms with van der Waals surface area (Å²) in [5.41, 5.74) is 0. The molecule has 19 heteroatoms. The minimum absolute atomic E-state index is 0.0547. The van der Waals surface area contributed by atoms with Gasteiger partial charge in [0.05, 0.1) is 12.7 Å². The molecular formula is C51H82O17P2. The van der Waals surface area contributed by atoms with Gasteiger partial charge in [0, 0.05) is 12.8 Å². The average molecular weight is 1030 g/mol. The van der Waals surface area contributed by atoms with Gasteiger partial charge in [0.15, 0.2) is 6.10 Å². The monoisotopic (exact) mass is 1030 g/mol. The summed E-state index contributed by atoms with van der Waals surface area (Å²) >= 11 is 0. The third-order valence-electron chi connectivity index (χ3n) is 10.4. The summed E-state index contributed by atoms with van der Waals surface area (Å²) in [5.74, 6) is -1.34. The van der Waals surface area contributed by atoms with Crippen molar-refractivity contribution in [2.75, 3.05) is 13.2 Å². The predicted octanol–water partition coefficient (Wildman–Crippen LogP) is 8.70. The van der Waals surface area contributed by atoms with Gasteiger partial charge in [0.25, 0.3) is 0 Å². The number of aliphatic hydroxyl groups excluding tert-OH is 5. The first-order valence-electron chi connectivity index (χ1n) is 24.5. The van der Waals surface area contributed by atoms with Crippen molar-refractivity contribution in [1.29, 1.82) is 0 Å². The lowest BCUT2D eigenvalue weighted by Crippen LogP contribution is -2.64. The zero-order valence-electron chi connectivity index (χ0n) is 41.0. The molecule has 0 amide bonds. The molecule has 0 aromatic heterocycles. The van der Waals surface area contributed by atoms with Crippen LogP contribution in [0.2, 0.25) is 0 Å². The largest absolute Gasteiger partial charge is 0.472 e. The van der Waals surface area contributed by atoms with E-state index in [1.54, 1.807) is 0 Å². The summed E-state index contributed by atoms with van der Waals surface area (Å²) < 4.78 is 49.3. The molecule has 0 heterocycles. The Kier molecular flexibility index (Phi) is 37.1. The fourth-order valence-electron chi connectivity index (χ4n) is 6.59. The van der Waals surface area contributed by atoms with E-state index < -0.39 is 89.6 Å². The number of hydrogen-bond donors (Lipinski definition) is 8. The van der Waals surface area contributed by atoms with E-state index in [1.165, 1.54) is 0 Å². The Balaban J connectivity index is 2.66. The zero-order valence-corrected chi connectivity index (χ0v) is 42.8. The van der Waals surface area contributed by atoms with Crippen LogP contribution in [0.5, 0.6) is 0 Å². The Bertz CT molecular complexity index is 1780. The minimum atomic E-state index is -5.39. The summed E-state index contributed by atoms with van der Waals surface area (Å²) in [6.45, 7) is 2.76. The fraction of sp³-hybridized carbons (Fsp3) is 0.608. The van der Waals surface area contributed by atoms with Gasteiger partial charge in [-0.15, -0.1) is 0 Å². The average Bonchev–Trinajstić information content (AvgIpc) is 3.31. The van der Waals surface area contributed by atoms with Gasteiger partial charge in [-0.25, -0.2) is 9.13 Å². The Morgan fingerprint density at radius 3 is 1.51 bits per heavy atom. The van der Waals surface area contributed by atoms with Crippen LogP contribution in [0, 0.1) is 0 Å². The van der Waals surface area contributed by atoms with Crippen LogP contribution < -0.4 is 0 Å². The molecule has 0 aliphatic heterocycles. The molecule has 0 spiro atoms. The summed E-state index contributed by atoms with van der Waals surface area (Å²) in [7, 11) is -10.7. The fourth-order valence-corrected chi connectivity index (χ4v) is 8.13. The number of aliphatic hydroxyl groups is 5. The highest BCUT2D eigenvalue weighted by atomic mass is 31.2. The lowest BCUT2D eigenvalue weighted by Gasteiger charge is -2.43. The number of hydrogen-bond acceptors (Lipinski definition) is 14. The Morgan fingerprint density at radius 1 is 0.529 bits per heavy atom. The molecule has 9 atom stereocenters. The lowest BCUT2D eigenvalue weighted by molar-refractivity contribution is -0.216. The first-order valence-corrected chi connectivity index (χ1v) is 27.6. The van der Waals surface area contributed by atoms with E-state index >= 15 is 0 Å². The molecule has 398 valence electrons. The van der Waals surface area contributed by atoms with Gasteiger partial charge >= 0.3 is 27.6 Å². The molecule has 1 aliphatic rings. The van der Waals surface area contributed by atoms with Crippen LogP contribution in [0.1, 0.15) is 136 Å². The molecule has 17 nitrogen and oxygen atoms in total. The van der Waals surface area contributed by atoms with Gasteiger partial charge in [0.1, 0.15) is 43.2 Å². The Hall–Kier alpha value is -3.38. The van der Waals surface area contributed by atoms with Crippen molar-refractivity contribution in [2.45, 2.75) is 185 Å². The summed E-state index contributed by atoms with van der Waals surface area (Å²) in [4.78, 5) is 54.3. The number of rotatable bonds is 39. The number of phosphoric ester groups is 2. The van der Waals surface area contributed by atoms with E-state index in [0.29, 0.717) is 25.7 Å². The number of carbonyl (C=O) groups excluding carboxylic acids is 2. The van der Waals surface area contributed by atoms with E-state index in [4.69, 9.17) is 18.5 Å². The molecule has 1 rings (SSSR count). The molecule has 0 bridgehead atoms. The number of esters is 2. The third kappa shape index (κ3) is 34.1. The third-order valence-corrected chi connectivity index (χ3v) is 11.9. The SMILES string of the molecule is CC/C=C\C/C=C\C/C=C\C/C=C\C/C=C\CCCCCC(=O)OC[C@H](COP(=O)(O)O[C@H]1C(O)C(O)C(O)[C@@H](OP(=O)(O)O)C1O)OC(=O)CCC/C=C\C/C=C\C/C=C\C/C=C\[C@H](O)CCCC. The van der Waals surface area contributed by atoms with E-state index in [2.05, 4.69) is 79.1 Å². The van der Waals surface area contributed by atoms with Crippen molar-refractivity contribution < 1.29 is 82.0 Å². The molecule has 1 aliphatic carbocycles. The summed E-state index contributed by atoms with van der Waals surface area (Å²) in [5, 5.41) is 51.1. The van der Waals surface area contributed by atoms with Gasteiger partial charge in [-0.1, -0.05) is 142 Å². The summed E-state index contributed by atoms with van der Waals surface area (Å²) in [6, 6.07) is 0. The number of ether oxygens (including phenoxy) is 2. The standard InChI is InChI=1S/C51H82O17P2/c1-3-5-7-8-9-10-11-12-13-14-15-16-17-18-22-25-28-31-34-38-44(53)64-40-43(41-65-70(62,63)68-51-48(57)46(55)47(56)50(49(51)58)67-69(59,60)61)66-45(54)39-35-32-29-26-23-20-19-21-24-27-30-33-37-42(52)36-6-4-2/h5,7,9-10,12-13,15-16,18-20,22,24,26-27,29,33,37,42-43,46-52,55-58H,3-4,6,8,11,14,17,21,23,25,28,30-32,34-36,38-41H2,1-2H3,(H,62,63)(H2,59,60,61)/b7-5-,10-9-,13-12-,16-15-,20-19-,22-18-,27-24-,29-26-,37-33-/t42-,43-,46?,47?,48?,49?,50-,51+/m1/s1. The van der Waals surface area contributed by atoms with Crippen LogP contribution in [0.15, 0.2) is 109 Å². The quantitative estimate of drug-likeness (QED) is 0.0124. The van der Waals surface area contributed by atoms with Gasteiger partial charge in [0.2, 0.25) is 0 Å². The van der Waals surface area contributed by atoms with E-state index in [-0.39, 0.29) is 12.8 Å². The van der Waals surface area contributed by atoms with Gasteiger partial charge in [-0.05, 0) is 89.9 Å².